The van der Waals surface area contributed by atoms with Crippen molar-refractivity contribution in [3.05, 3.63) is 50.4 Å². The van der Waals surface area contributed by atoms with Crippen LogP contribution in [0.1, 0.15) is 30.1 Å². The molecule has 0 spiro atoms. The summed E-state index contributed by atoms with van der Waals surface area (Å²) in [6, 6.07) is 7.97. The molecule has 0 fully saturated rings. The van der Waals surface area contributed by atoms with E-state index in [0.29, 0.717) is 4.34 Å². The lowest BCUT2D eigenvalue weighted by atomic mass is 9.93. The molecule has 0 aliphatic rings. The van der Waals surface area contributed by atoms with Gasteiger partial charge >= 0.3 is 0 Å². The molecule has 0 saturated carbocycles. The van der Waals surface area contributed by atoms with Crippen LogP contribution in [0.25, 0.3) is 0 Å². The highest BCUT2D eigenvalue weighted by Crippen LogP contribution is 2.39. The molecule has 2 rings (SSSR count). The van der Waals surface area contributed by atoms with Crippen LogP contribution in [0, 0.1) is 0 Å². The SMILES string of the molecule is CNC(c1cc(Cl)sc1Cl)C(C)c1ccccn1. The van der Waals surface area contributed by atoms with Crippen LogP contribution in [0.4, 0.5) is 0 Å². The summed E-state index contributed by atoms with van der Waals surface area (Å²) in [5, 5.41) is 3.29. The van der Waals surface area contributed by atoms with Gasteiger partial charge < -0.3 is 5.32 Å². The largest absolute Gasteiger partial charge is 0.312 e. The minimum atomic E-state index is 0.108. The fourth-order valence-electron chi connectivity index (χ4n) is 2.06. The second kappa shape index (κ2) is 6.02. The van der Waals surface area contributed by atoms with E-state index in [1.807, 2.05) is 31.3 Å². The molecule has 2 unspecified atom stereocenters. The monoisotopic (exact) mass is 300 g/mol. The first kappa shape index (κ1) is 13.8. The van der Waals surface area contributed by atoms with Gasteiger partial charge in [0.1, 0.15) is 0 Å². The van der Waals surface area contributed by atoms with Gasteiger partial charge in [-0.05, 0) is 25.2 Å². The Hall–Kier alpha value is -0.610. The number of thiophene rings is 1. The summed E-state index contributed by atoms with van der Waals surface area (Å²) in [5.41, 5.74) is 2.07. The average Bonchev–Trinajstić information content (AvgIpc) is 2.70. The summed E-state index contributed by atoms with van der Waals surface area (Å²) in [4.78, 5) is 4.40. The number of hydrogen-bond acceptors (Lipinski definition) is 3. The van der Waals surface area contributed by atoms with E-state index in [0.717, 1.165) is 15.6 Å². The quantitative estimate of drug-likeness (QED) is 0.898. The zero-order valence-corrected chi connectivity index (χ0v) is 12.5. The Morgan fingerprint density at radius 1 is 1.33 bits per heavy atom. The van der Waals surface area contributed by atoms with Crippen LogP contribution in [-0.2, 0) is 0 Å². The molecule has 0 aliphatic carbocycles. The molecule has 2 nitrogen and oxygen atoms in total. The fourth-order valence-corrected chi connectivity index (χ4v) is 3.61. The van der Waals surface area contributed by atoms with Crippen molar-refractivity contribution in [1.29, 1.82) is 0 Å². The van der Waals surface area contributed by atoms with Crippen LogP contribution in [0.15, 0.2) is 30.5 Å². The maximum atomic E-state index is 6.22. The number of halogens is 2. The lowest BCUT2D eigenvalue weighted by Crippen LogP contribution is -2.22. The zero-order chi connectivity index (χ0) is 13.1. The van der Waals surface area contributed by atoms with Crippen molar-refractivity contribution in [2.24, 2.45) is 0 Å². The first-order chi connectivity index (χ1) is 8.63. The molecule has 0 bridgehead atoms. The molecule has 18 heavy (non-hydrogen) atoms. The number of likely N-dealkylation sites (N-methyl/N-ethyl adjacent to an activating group) is 1. The number of hydrogen-bond donors (Lipinski definition) is 1. The summed E-state index contributed by atoms with van der Waals surface area (Å²) in [5.74, 6) is 0.222. The maximum absolute atomic E-state index is 6.22. The molecule has 0 radical (unpaired) electrons. The van der Waals surface area contributed by atoms with Crippen LogP contribution in [0.2, 0.25) is 8.67 Å². The van der Waals surface area contributed by atoms with Crippen LogP contribution in [0.5, 0.6) is 0 Å². The molecule has 96 valence electrons. The van der Waals surface area contributed by atoms with Gasteiger partial charge in [-0.25, -0.2) is 0 Å². The molecule has 2 aromatic rings. The smallest absolute Gasteiger partial charge is 0.0992 e. The molecular formula is C13H14Cl2N2S. The first-order valence-electron chi connectivity index (χ1n) is 5.66. The molecule has 5 heteroatoms. The Kier molecular flexibility index (Phi) is 4.62. The zero-order valence-electron chi connectivity index (χ0n) is 10.2. The van der Waals surface area contributed by atoms with Gasteiger partial charge in [-0.2, -0.15) is 0 Å². The number of nitrogens with zero attached hydrogens (tertiary/aromatic N) is 1. The van der Waals surface area contributed by atoms with Crippen molar-refractivity contribution in [2.75, 3.05) is 7.05 Å². The van der Waals surface area contributed by atoms with Crippen molar-refractivity contribution in [3.8, 4) is 0 Å². The lowest BCUT2D eigenvalue weighted by molar-refractivity contribution is 0.500. The summed E-state index contributed by atoms with van der Waals surface area (Å²) in [7, 11) is 1.92. The minimum Gasteiger partial charge on any atom is -0.312 e. The summed E-state index contributed by atoms with van der Waals surface area (Å²) >= 11 is 13.6. The van der Waals surface area contributed by atoms with Gasteiger partial charge in [0, 0.05) is 29.4 Å². The molecule has 2 aromatic heterocycles. The predicted molar refractivity (Wildman–Crippen MR) is 78.8 cm³/mol. The van der Waals surface area contributed by atoms with E-state index in [1.54, 1.807) is 6.20 Å². The maximum Gasteiger partial charge on any atom is 0.0992 e. The number of pyridine rings is 1. The van der Waals surface area contributed by atoms with Crippen molar-refractivity contribution in [3.63, 3.8) is 0 Å². The van der Waals surface area contributed by atoms with Gasteiger partial charge in [-0.3, -0.25) is 4.98 Å². The number of aromatic nitrogens is 1. The summed E-state index contributed by atoms with van der Waals surface area (Å²) < 4.78 is 1.45. The molecule has 0 saturated heterocycles. The first-order valence-corrected chi connectivity index (χ1v) is 7.23. The highest BCUT2D eigenvalue weighted by Gasteiger charge is 2.23. The van der Waals surface area contributed by atoms with Crippen molar-refractivity contribution in [2.45, 2.75) is 18.9 Å². The van der Waals surface area contributed by atoms with Crippen LogP contribution in [0.3, 0.4) is 0 Å². The third-order valence-electron chi connectivity index (χ3n) is 2.98. The van der Waals surface area contributed by atoms with Gasteiger partial charge in [0.2, 0.25) is 0 Å². The summed E-state index contributed by atoms with van der Waals surface area (Å²) in [6.45, 7) is 2.13. The average molecular weight is 301 g/mol. The minimum absolute atomic E-state index is 0.108. The predicted octanol–water partition coefficient (Wildman–Crippen LogP) is 4.51. The Morgan fingerprint density at radius 2 is 2.11 bits per heavy atom. The Balaban J connectivity index is 2.32. The number of rotatable bonds is 4. The van der Waals surface area contributed by atoms with Crippen molar-refractivity contribution >= 4 is 34.5 Å². The van der Waals surface area contributed by atoms with Gasteiger partial charge in [0.05, 0.1) is 8.67 Å². The molecule has 0 aliphatic heterocycles. The second-order valence-corrected chi connectivity index (χ2v) is 6.37. The van der Waals surface area contributed by atoms with Gasteiger partial charge in [0.15, 0.2) is 0 Å². The van der Waals surface area contributed by atoms with Gasteiger partial charge in [0.25, 0.3) is 0 Å². The van der Waals surface area contributed by atoms with E-state index in [4.69, 9.17) is 23.2 Å². The van der Waals surface area contributed by atoms with Crippen LogP contribution >= 0.6 is 34.5 Å². The lowest BCUT2D eigenvalue weighted by Gasteiger charge is -2.23. The molecular weight excluding hydrogens is 287 g/mol. The standard InChI is InChI=1S/C13H14Cl2N2S/c1-8(10-5-3-4-6-17-10)12(16-2)9-7-11(14)18-13(9)15/h3-8,12,16H,1-2H3. The van der Waals surface area contributed by atoms with E-state index < -0.39 is 0 Å². The topological polar surface area (TPSA) is 24.9 Å². The van der Waals surface area contributed by atoms with E-state index >= 15 is 0 Å². The van der Waals surface area contributed by atoms with E-state index in [2.05, 4.69) is 17.2 Å². The van der Waals surface area contributed by atoms with Crippen molar-refractivity contribution < 1.29 is 0 Å². The van der Waals surface area contributed by atoms with E-state index in [1.165, 1.54) is 11.3 Å². The molecule has 0 aromatic carbocycles. The number of nitrogens with one attached hydrogen (secondary N) is 1. The van der Waals surface area contributed by atoms with Gasteiger partial charge in [-0.1, -0.05) is 36.2 Å². The second-order valence-electron chi connectivity index (χ2n) is 4.09. The fraction of sp³-hybridized carbons (Fsp3) is 0.308. The van der Waals surface area contributed by atoms with E-state index in [9.17, 15) is 0 Å². The van der Waals surface area contributed by atoms with Crippen molar-refractivity contribution in [1.82, 2.24) is 10.3 Å². The normalized spacial score (nSPS) is 14.4. The third-order valence-corrected chi connectivity index (χ3v) is 4.50. The molecule has 1 N–H and O–H groups in total. The molecule has 2 heterocycles. The highest BCUT2D eigenvalue weighted by atomic mass is 35.5. The Labute approximate surface area is 121 Å². The van der Waals surface area contributed by atoms with E-state index in [-0.39, 0.29) is 12.0 Å². The van der Waals surface area contributed by atoms with Crippen LogP contribution < -0.4 is 5.32 Å². The van der Waals surface area contributed by atoms with Crippen LogP contribution in [-0.4, -0.2) is 12.0 Å². The highest BCUT2D eigenvalue weighted by molar-refractivity contribution is 7.20. The third kappa shape index (κ3) is 2.86. The summed E-state index contributed by atoms with van der Waals surface area (Å²) in [6.07, 6.45) is 1.81. The Bertz CT molecular complexity index is 513. The molecule has 0 amide bonds. The Morgan fingerprint density at radius 3 is 2.61 bits per heavy atom. The van der Waals surface area contributed by atoms with Gasteiger partial charge in [-0.15, -0.1) is 11.3 Å². The molecule has 2 atom stereocenters.